The second-order valence-corrected chi connectivity index (χ2v) is 7.65. The fourth-order valence-corrected chi connectivity index (χ4v) is 3.85. The minimum Gasteiger partial charge on any atom is -0.450 e. The SMILES string of the molecule is CCNC(=NCCCCc1nc(C)cs1)NC1CCN(C(=O)OCC)CC1.I. The number of ether oxygens (including phenoxy) is 1. The molecule has 1 saturated heterocycles. The van der Waals surface area contributed by atoms with Crippen LogP contribution in [0.1, 0.15) is 50.2 Å². The van der Waals surface area contributed by atoms with Crippen LogP contribution < -0.4 is 10.6 Å². The minimum atomic E-state index is -0.202. The first-order chi connectivity index (χ1) is 13.1. The number of nitrogens with one attached hydrogen (secondary N) is 2. The highest BCUT2D eigenvalue weighted by molar-refractivity contribution is 14.0. The van der Waals surface area contributed by atoms with Gasteiger partial charge in [-0.3, -0.25) is 4.99 Å². The Morgan fingerprint density at radius 3 is 2.71 bits per heavy atom. The second kappa shape index (κ2) is 14.0. The predicted molar refractivity (Wildman–Crippen MR) is 126 cm³/mol. The highest BCUT2D eigenvalue weighted by Gasteiger charge is 2.23. The third-order valence-electron chi connectivity index (χ3n) is 4.44. The summed E-state index contributed by atoms with van der Waals surface area (Å²) in [6.07, 6.45) is 4.81. The second-order valence-electron chi connectivity index (χ2n) is 6.70. The van der Waals surface area contributed by atoms with Crippen molar-refractivity contribution in [3.63, 3.8) is 0 Å². The van der Waals surface area contributed by atoms with Gasteiger partial charge in [0.05, 0.1) is 11.6 Å². The number of likely N-dealkylation sites (tertiary alicyclic amines) is 1. The summed E-state index contributed by atoms with van der Waals surface area (Å²) in [5.41, 5.74) is 1.11. The number of hydrogen-bond donors (Lipinski definition) is 2. The van der Waals surface area contributed by atoms with Crippen LogP contribution in [-0.2, 0) is 11.2 Å². The number of carbonyl (C=O) groups is 1. The van der Waals surface area contributed by atoms with Gasteiger partial charge < -0.3 is 20.3 Å². The molecule has 0 aliphatic carbocycles. The summed E-state index contributed by atoms with van der Waals surface area (Å²) in [5.74, 6) is 0.872. The van der Waals surface area contributed by atoms with Crippen molar-refractivity contribution in [2.24, 2.45) is 4.99 Å². The van der Waals surface area contributed by atoms with Crippen molar-refractivity contribution in [1.82, 2.24) is 20.5 Å². The molecule has 1 aliphatic rings. The molecule has 0 atom stereocenters. The van der Waals surface area contributed by atoms with Crippen LogP contribution in [0.3, 0.4) is 0 Å². The number of hydrogen-bond acceptors (Lipinski definition) is 5. The molecule has 1 amide bonds. The van der Waals surface area contributed by atoms with E-state index >= 15 is 0 Å². The largest absolute Gasteiger partial charge is 0.450 e. The monoisotopic (exact) mass is 523 g/mol. The van der Waals surface area contributed by atoms with Crippen molar-refractivity contribution >= 4 is 47.4 Å². The molecule has 0 spiro atoms. The number of aromatic nitrogens is 1. The number of amides is 1. The maximum atomic E-state index is 11.8. The van der Waals surface area contributed by atoms with Crippen LogP contribution in [0, 0.1) is 6.92 Å². The van der Waals surface area contributed by atoms with E-state index in [9.17, 15) is 4.79 Å². The lowest BCUT2D eigenvalue weighted by Crippen LogP contribution is -2.49. The molecule has 0 bridgehead atoms. The summed E-state index contributed by atoms with van der Waals surface area (Å²) < 4.78 is 5.07. The number of aliphatic imine (C=N–C) groups is 1. The molecule has 9 heteroatoms. The van der Waals surface area contributed by atoms with Gasteiger partial charge in [-0.1, -0.05) is 0 Å². The first kappa shape index (κ1) is 24.9. The molecule has 1 fully saturated rings. The Kier molecular flexibility index (Phi) is 12.4. The molecule has 1 aromatic heterocycles. The Bertz CT molecular complexity index is 603. The molecule has 0 radical (unpaired) electrons. The molecular weight excluding hydrogens is 489 g/mol. The van der Waals surface area contributed by atoms with Gasteiger partial charge in [0.25, 0.3) is 0 Å². The number of guanidine groups is 1. The summed E-state index contributed by atoms with van der Waals surface area (Å²) in [4.78, 5) is 22.8. The van der Waals surface area contributed by atoms with Crippen molar-refractivity contribution in [2.45, 2.75) is 58.9 Å². The van der Waals surface area contributed by atoms with Crippen LogP contribution in [0.4, 0.5) is 4.79 Å². The molecule has 0 aromatic carbocycles. The third-order valence-corrected chi connectivity index (χ3v) is 5.47. The van der Waals surface area contributed by atoms with Gasteiger partial charge in [-0.15, -0.1) is 35.3 Å². The summed E-state index contributed by atoms with van der Waals surface area (Å²) in [6, 6.07) is 0.340. The highest BCUT2D eigenvalue weighted by atomic mass is 127. The van der Waals surface area contributed by atoms with Crippen LogP contribution in [0.15, 0.2) is 10.4 Å². The van der Waals surface area contributed by atoms with Gasteiger partial charge in [0, 0.05) is 43.3 Å². The molecule has 2 heterocycles. The van der Waals surface area contributed by atoms with Gasteiger partial charge in [-0.05, 0) is 52.9 Å². The van der Waals surface area contributed by atoms with Crippen LogP contribution in [0.2, 0.25) is 0 Å². The quantitative estimate of drug-likeness (QED) is 0.236. The average Bonchev–Trinajstić information content (AvgIpc) is 3.07. The zero-order valence-electron chi connectivity index (χ0n) is 17.2. The Balaban J connectivity index is 0.00000392. The standard InChI is InChI=1S/C19H33N5O2S.HI/c1-4-20-18(21-11-7-6-8-17-22-15(3)14-27-17)23-16-9-12-24(13-10-16)19(25)26-5-2;/h14,16H,4-13H2,1-3H3,(H2,20,21,23);1H. The molecule has 2 N–H and O–H groups in total. The fraction of sp³-hybridized carbons (Fsp3) is 0.737. The van der Waals surface area contributed by atoms with E-state index in [-0.39, 0.29) is 30.1 Å². The van der Waals surface area contributed by atoms with E-state index in [0.29, 0.717) is 12.6 Å². The van der Waals surface area contributed by atoms with Crippen molar-refractivity contribution in [3.8, 4) is 0 Å². The molecule has 0 saturated carbocycles. The number of carbonyl (C=O) groups excluding carboxylic acids is 1. The van der Waals surface area contributed by atoms with E-state index < -0.39 is 0 Å². The van der Waals surface area contributed by atoms with Crippen LogP contribution >= 0.6 is 35.3 Å². The van der Waals surface area contributed by atoms with Crippen LogP contribution in [0.25, 0.3) is 0 Å². The third kappa shape index (κ3) is 8.93. The maximum absolute atomic E-state index is 11.8. The van der Waals surface area contributed by atoms with Crippen molar-refractivity contribution < 1.29 is 9.53 Å². The van der Waals surface area contributed by atoms with Gasteiger partial charge in [-0.25, -0.2) is 9.78 Å². The van der Waals surface area contributed by atoms with Gasteiger partial charge in [0.2, 0.25) is 0 Å². The number of halogens is 1. The Labute approximate surface area is 189 Å². The molecule has 28 heavy (non-hydrogen) atoms. The number of thiazole rings is 1. The molecule has 7 nitrogen and oxygen atoms in total. The number of unbranched alkanes of at least 4 members (excludes halogenated alkanes) is 1. The summed E-state index contributed by atoms with van der Waals surface area (Å²) in [6.45, 7) is 9.47. The summed E-state index contributed by atoms with van der Waals surface area (Å²) in [5, 5.41) is 10.2. The molecular formula is C19H34IN5O2S. The van der Waals surface area contributed by atoms with Crippen molar-refractivity contribution in [1.29, 1.82) is 0 Å². The molecule has 2 rings (SSSR count). The normalized spacial score (nSPS) is 15.1. The van der Waals surface area contributed by atoms with E-state index in [1.165, 1.54) is 5.01 Å². The number of nitrogens with zero attached hydrogens (tertiary/aromatic N) is 3. The number of rotatable bonds is 8. The van der Waals surface area contributed by atoms with Crippen LogP contribution in [-0.4, -0.2) is 60.8 Å². The van der Waals surface area contributed by atoms with Gasteiger partial charge in [0.15, 0.2) is 5.96 Å². The van der Waals surface area contributed by atoms with E-state index in [1.807, 2.05) is 13.8 Å². The van der Waals surface area contributed by atoms with Crippen molar-refractivity contribution in [2.75, 3.05) is 32.8 Å². The Hall–Kier alpha value is -1.10. The van der Waals surface area contributed by atoms with E-state index in [4.69, 9.17) is 9.73 Å². The van der Waals surface area contributed by atoms with Gasteiger partial charge >= 0.3 is 6.09 Å². The first-order valence-corrected chi connectivity index (χ1v) is 10.9. The van der Waals surface area contributed by atoms with Crippen molar-refractivity contribution in [3.05, 3.63) is 16.1 Å². The zero-order valence-corrected chi connectivity index (χ0v) is 20.3. The van der Waals surface area contributed by atoms with Crippen LogP contribution in [0.5, 0.6) is 0 Å². The number of piperidine rings is 1. The highest BCUT2D eigenvalue weighted by Crippen LogP contribution is 2.13. The molecule has 1 aromatic rings. The number of aryl methyl sites for hydroxylation is 2. The lowest BCUT2D eigenvalue weighted by molar-refractivity contribution is 0.0963. The van der Waals surface area contributed by atoms with E-state index in [1.54, 1.807) is 16.2 Å². The lowest BCUT2D eigenvalue weighted by atomic mass is 10.1. The summed E-state index contributed by atoms with van der Waals surface area (Å²) >= 11 is 1.74. The minimum absolute atomic E-state index is 0. The molecule has 1 aliphatic heterocycles. The molecule has 0 unspecified atom stereocenters. The van der Waals surface area contributed by atoms with Gasteiger partial charge in [-0.2, -0.15) is 0 Å². The summed E-state index contributed by atoms with van der Waals surface area (Å²) in [7, 11) is 0. The Morgan fingerprint density at radius 2 is 2.11 bits per heavy atom. The van der Waals surface area contributed by atoms with E-state index in [2.05, 4.69) is 27.9 Å². The lowest BCUT2D eigenvalue weighted by Gasteiger charge is -2.32. The smallest absolute Gasteiger partial charge is 0.409 e. The van der Waals surface area contributed by atoms with Gasteiger partial charge in [0.1, 0.15) is 0 Å². The topological polar surface area (TPSA) is 78.9 Å². The fourth-order valence-electron chi connectivity index (χ4n) is 3.03. The first-order valence-electron chi connectivity index (χ1n) is 10.00. The predicted octanol–water partition coefficient (Wildman–Crippen LogP) is 3.57. The average molecular weight is 523 g/mol. The van der Waals surface area contributed by atoms with E-state index in [0.717, 1.165) is 69.9 Å². The maximum Gasteiger partial charge on any atom is 0.409 e. The molecule has 160 valence electrons. The Morgan fingerprint density at radius 1 is 1.36 bits per heavy atom. The zero-order chi connectivity index (χ0) is 19.5.